The van der Waals surface area contributed by atoms with E-state index in [4.69, 9.17) is 22.1 Å². The first-order chi connectivity index (χ1) is 8.58. The van der Waals surface area contributed by atoms with Crippen molar-refractivity contribution in [3.8, 4) is 11.8 Å². The molecule has 0 unspecified atom stereocenters. The lowest BCUT2D eigenvalue weighted by atomic mass is 10.2. The number of halogens is 1. The molecule has 0 fully saturated rings. The summed E-state index contributed by atoms with van der Waals surface area (Å²) in [6, 6.07) is 7.63. The van der Waals surface area contributed by atoms with E-state index >= 15 is 0 Å². The minimum atomic E-state index is 0.265. The fraction of sp³-hybridized carbons (Fsp3) is 0.231. The second-order valence-electron chi connectivity index (χ2n) is 4.02. The van der Waals surface area contributed by atoms with Gasteiger partial charge in [-0.2, -0.15) is 4.98 Å². The molecule has 0 saturated heterocycles. The largest absolute Gasteiger partial charge is 0.423 e. The molecule has 18 heavy (non-hydrogen) atoms. The standard InChI is InChI=1S/C13H14ClN3O/c1-8-3-4-12(11(14)5-8)18-13-16-9(2)6-10(7-15)17-13/h3-6H,7,15H2,1-2H3. The van der Waals surface area contributed by atoms with Gasteiger partial charge in [0.25, 0.3) is 0 Å². The van der Waals surface area contributed by atoms with Gasteiger partial charge in [0.1, 0.15) is 5.75 Å². The molecule has 0 atom stereocenters. The van der Waals surface area contributed by atoms with Gasteiger partial charge in [-0.25, -0.2) is 4.98 Å². The molecular formula is C13H14ClN3O. The number of aromatic nitrogens is 2. The van der Waals surface area contributed by atoms with Crippen LogP contribution in [0.1, 0.15) is 17.0 Å². The predicted octanol–water partition coefficient (Wildman–Crippen LogP) is 3.00. The monoisotopic (exact) mass is 263 g/mol. The van der Waals surface area contributed by atoms with Crippen molar-refractivity contribution in [3.63, 3.8) is 0 Å². The smallest absolute Gasteiger partial charge is 0.322 e. The van der Waals surface area contributed by atoms with Crippen LogP contribution in [0.15, 0.2) is 24.3 Å². The summed E-state index contributed by atoms with van der Waals surface area (Å²) < 4.78 is 5.58. The first-order valence-corrected chi connectivity index (χ1v) is 5.95. The summed E-state index contributed by atoms with van der Waals surface area (Å²) in [6.45, 7) is 4.18. The summed E-state index contributed by atoms with van der Waals surface area (Å²) in [5.74, 6) is 0.538. The van der Waals surface area contributed by atoms with E-state index in [1.165, 1.54) is 0 Å². The first kappa shape index (κ1) is 12.8. The topological polar surface area (TPSA) is 61.0 Å². The number of aryl methyl sites for hydroxylation is 2. The summed E-state index contributed by atoms with van der Waals surface area (Å²) in [4.78, 5) is 8.39. The molecule has 0 radical (unpaired) electrons. The highest BCUT2D eigenvalue weighted by Crippen LogP contribution is 2.28. The van der Waals surface area contributed by atoms with Crippen LogP contribution in [0, 0.1) is 13.8 Å². The third-order valence-corrected chi connectivity index (χ3v) is 2.68. The third kappa shape index (κ3) is 2.97. The Bertz CT molecular complexity index is 572. The molecule has 0 aliphatic heterocycles. The molecule has 4 nitrogen and oxygen atoms in total. The maximum absolute atomic E-state index is 6.09. The van der Waals surface area contributed by atoms with Crippen LogP contribution in [-0.4, -0.2) is 9.97 Å². The average Bonchev–Trinajstić information content (AvgIpc) is 2.32. The highest BCUT2D eigenvalue weighted by molar-refractivity contribution is 6.32. The summed E-state index contributed by atoms with van der Waals surface area (Å²) in [6.07, 6.45) is 0. The third-order valence-electron chi connectivity index (χ3n) is 2.38. The van der Waals surface area contributed by atoms with Gasteiger partial charge in [0.15, 0.2) is 0 Å². The highest BCUT2D eigenvalue weighted by atomic mass is 35.5. The highest BCUT2D eigenvalue weighted by Gasteiger charge is 2.07. The lowest BCUT2D eigenvalue weighted by Gasteiger charge is -2.08. The van der Waals surface area contributed by atoms with E-state index in [2.05, 4.69) is 9.97 Å². The van der Waals surface area contributed by atoms with E-state index in [9.17, 15) is 0 Å². The van der Waals surface area contributed by atoms with Gasteiger partial charge in [-0.05, 0) is 37.6 Å². The molecule has 0 aliphatic rings. The van der Waals surface area contributed by atoms with Crippen molar-refractivity contribution >= 4 is 11.6 Å². The van der Waals surface area contributed by atoms with Crippen LogP contribution >= 0.6 is 11.6 Å². The normalized spacial score (nSPS) is 10.4. The Morgan fingerprint density at radius 1 is 1.22 bits per heavy atom. The van der Waals surface area contributed by atoms with Gasteiger partial charge >= 0.3 is 6.01 Å². The zero-order valence-electron chi connectivity index (χ0n) is 10.3. The number of nitrogens with zero attached hydrogens (tertiary/aromatic N) is 2. The van der Waals surface area contributed by atoms with Crippen molar-refractivity contribution in [3.05, 3.63) is 46.2 Å². The average molecular weight is 264 g/mol. The van der Waals surface area contributed by atoms with Crippen molar-refractivity contribution in [2.75, 3.05) is 0 Å². The van der Waals surface area contributed by atoms with E-state index in [1.807, 2.05) is 32.0 Å². The molecule has 0 amide bonds. The quantitative estimate of drug-likeness (QED) is 0.925. The molecule has 0 saturated carbocycles. The fourth-order valence-electron chi connectivity index (χ4n) is 1.54. The Morgan fingerprint density at radius 2 is 2.00 bits per heavy atom. The number of ether oxygens (including phenoxy) is 1. The SMILES string of the molecule is Cc1ccc(Oc2nc(C)cc(CN)n2)c(Cl)c1. The van der Waals surface area contributed by atoms with E-state index < -0.39 is 0 Å². The van der Waals surface area contributed by atoms with Crippen LogP contribution in [0.4, 0.5) is 0 Å². The van der Waals surface area contributed by atoms with Gasteiger partial charge in [0, 0.05) is 12.2 Å². The van der Waals surface area contributed by atoms with Crippen molar-refractivity contribution in [1.82, 2.24) is 9.97 Å². The van der Waals surface area contributed by atoms with Gasteiger partial charge in [-0.1, -0.05) is 17.7 Å². The lowest BCUT2D eigenvalue weighted by molar-refractivity contribution is 0.438. The molecule has 2 N–H and O–H groups in total. The van der Waals surface area contributed by atoms with Gasteiger partial charge in [0.2, 0.25) is 0 Å². The molecule has 94 valence electrons. The number of rotatable bonds is 3. The van der Waals surface area contributed by atoms with E-state index in [1.54, 1.807) is 6.07 Å². The summed E-state index contributed by atoms with van der Waals surface area (Å²) in [5.41, 5.74) is 8.17. The summed E-state index contributed by atoms with van der Waals surface area (Å²) in [5, 5.41) is 0.536. The fourth-order valence-corrected chi connectivity index (χ4v) is 1.82. The Balaban J connectivity index is 2.30. The van der Waals surface area contributed by atoms with Gasteiger partial charge in [-0.15, -0.1) is 0 Å². The van der Waals surface area contributed by atoms with Crippen molar-refractivity contribution in [2.45, 2.75) is 20.4 Å². The Labute approximate surface area is 111 Å². The molecule has 0 aliphatic carbocycles. The minimum absolute atomic E-state index is 0.265. The zero-order valence-corrected chi connectivity index (χ0v) is 11.0. The Morgan fingerprint density at radius 3 is 2.67 bits per heavy atom. The zero-order chi connectivity index (χ0) is 13.1. The lowest BCUT2D eigenvalue weighted by Crippen LogP contribution is -2.03. The molecule has 0 bridgehead atoms. The van der Waals surface area contributed by atoms with Gasteiger partial charge < -0.3 is 10.5 Å². The summed E-state index contributed by atoms with van der Waals surface area (Å²) >= 11 is 6.09. The van der Waals surface area contributed by atoms with Crippen LogP contribution in [0.25, 0.3) is 0 Å². The van der Waals surface area contributed by atoms with Gasteiger partial charge in [-0.3, -0.25) is 0 Å². The van der Waals surface area contributed by atoms with E-state index in [0.29, 0.717) is 17.3 Å². The minimum Gasteiger partial charge on any atom is -0.423 e. The number of nitrogens with two attached hydrogens (primary N) is 1. The Kier molecular flexibility index (Phi) is 3.79. The molecule has 1 heterocycles. The van der Waals surface area contributed by atoms with Crippen LogP contribution < -0.4 is 10.5 Å². The van der Waals surface area contributed by atoms with Gasteiger partial charge in [0.05, 0.1) is 10.7 Å². The predicted molar refractivity (Wildman–Crippen MR) is 70.9 cm³/mol. The molecular weight excluding hydrogens is 250 g/mol. The number of hydrogen-bond donors (Lipinski definition) is 1. The molecule has 2 aromatic rings. The number of hydrogen-bond acceptors (Lipinski definition) is 4. The van der Waals surface area contributed by atoms with Crippen molar-refractivity contribution in [1.29, 1.82) is 0 Å². The molecule has 2 rings (SSSR count). The second-order valence-corrected chi connectivity index (χ2v) is 4.43. The first-order valence-electron chi connectivity index (χ1n) is 5.57. The second kappa shape index (κ2) is 5.33. The molecule has 0 spiro atoms. The van der Waals surface area contributed by atoms with Crippen LogP contribution in [0.2, 0.25) is 5.02 Å². The van der Waals surface area contributed by atoms with Crippen LogP contribution in [0.3, 0.4) is 0 Å². The summed E-state index contributed by atoms with van der Waals surface area (Å²) in [7, 11) is 0. The van der Waals surface area contributed by atoms with Crippen LogP contribution in [0.5, 0.6) is 11.8 Å². The van der Waals surface area contributed by atoms with E-state index in [-0.39, 0.29) is 6.01 Å². The maximum Gasteiger partial charge on any atom is 0.322 e. The molecule has 5 heteroatoms. The van der Waals surface area contributed by atoms with Crippen LogP contribution in [-0.2, 0) is 6.54 Å². The van der Waals surface area contributed by atoms with Crippen molar-refractivity contribution < 1.29 is 4.74 Å². The maximum atomic E-state index is 6.09. The Hall–Kier alpha value is -1.65. The van der Waals surface area contributed by atoms with E-state index in [0.717, 1.165) is 17.0 Å². The van der Waals surface area contributed by atoms with Crippen molar-refractivity contribution in [2.24, 2.45) is 5.73 Å². The molecule has 1 aromatic carbocycles. The molecule has 1 aromatic heterocycles. The number of benzene rings is 1.